The predicted molar refractivity (Wildman–Crippen MR) is 102 cm³/mol. The van der Waals surface area contributed by atoms with Gasteiger partial charge in [-0.2, -0.15) is 0 Å². The molecule has 0 atom stereocenters. The molecule has 0 aliphatic rings. The van der Waals surface area contributed by atoms with Gasteiger partial charge in [0.2, 0.25) is 0 Å². The highest BCUT2D eigenvalue weighted by Gasteiger charge is 2.05. The number of nitrogens with zero attached hydrogens (tertiary/aromatic N) is 4. The third-order valence-corrected chi connectivity index (χ3v) is 3.84. The van der Waals surface area contributed by atoms with E-state index in [4.69, 9.17) is 0 Å². The minimum atomic E-state index is -0.0958. The van der Waals surface area contributed by atoms with Crippen LogP contribution in [0.15, 0.2) is 35.6 Å². The number of aliphatic imine (C=N–C) groups is 1. The van der Waals surface area contributed by atoms with E-state index in [1.54, 1.807) is 19.4 Å². The number of aromatic nitrogens is 3. The third-order valence-electron chi connectivity index (χ3n) is 3.84. The Balaban J connectivity index is 1.94. The van der Waals surface area contributed by atoms with Crippen LogP contribution in [0, 0.1) is 0 Å². The smallest absolute Gasteiger partial charge is 0.251 e. The average Bonchev–Trinajstić information content (AvgIpc) is 3.13. The van der Waals surface area contributed by atoms with E-state index in [2.05, 4.69) is 38.1 Å². The van der Waals surface area contributed by atoms with Crippen LogP contribution in [-0.4, -0.2) is 46.8 Å². The topological polar surface area (TPSA) is 96.2 Å². The molecule has 0 unspecified atom stereocenters. The fourth-order valence-corrected chi connectivity index (χ4v) is 2.50. The second kappa shape index (κ2) is 10.2. The van der Waals surface area contributed by atoms with Crippen molar-refractivity contribution in [1.82, 2.24) is 30.7 Å². The second-order valence-electron chi connectivity index (χ2n) is 5.70. The number of aryl methyl sites for hydroxylation is 1. The van der Waals surface area contributed by atoms with Crippen LogP contribution in [0.4, 0.5) is 0 Å². The fraction of sp³-hybridized carbons (Fsp3) is 0.444. The van der Waals surface area contributed by atoms with E-state index in [-0.39, 0.29) is 5.91 Å². The number of hydrogen-bond donors (Lipinski definition) is 3. The van der Waals surface area contributed by atoms with E-state index in [0.717, 1.165) is 43.4 Å². The number of carbonyl (C=O) groups excluding carboxylic acids is 1. The van der Waals surface area contributed by atoms with Gasteiger partial charge in [-0.05, 0) is 24.6 Å². The fourth-order valence-electron chi connectivity index (χ4n) is 2.50. The first kappa shape index (κ1) is 19.4. The normalized spacial score (nSPS) is 11.3. The Morgan fingerprint density at radius 3 is 2.85 bits per heavy atom. The zero-order valence-corrected chi connectivity index (χ0v) is 15.6. The Morgan fingerprint density at radius 2 is 2.12 bits per heavy atom. The highest BCUT2D eigenvalue weighted by Crippen LogP contribution is 2.06. The highest BCUT2D eigenvalue weighted by atomic mass is 16.1. The Kier molecular flexibility index (Phi) is 7.60. The molecule has 1 aromatic carbocycles. The summed E-state index contributed by atoms with van der Waals surface area (Å²) < 4.78 is 2.03. The molecule has 0 saturated heterocycles. The van der Waals surface area contributed by atoms with Crippen LogP contribution < -0.4 is 16.0 Å². The first-order chi connectivity index (χ1) is 12.7. The monoisotopic (exact) mass is 357 g/mol. The maximum Gasteiger partial charge on any atom is 0.251 e. The summed E-state index contributed by atoms with van der Waals surface area (Å²) in [5.41, 5.74) is 1.62. The summed E-state index contributed by atoms with van der Waals surface area (Å²) in [4.78, 5) is 16.3. The first-order valence-corrected chi connectivity index (χ1v) is 8.87. The summed E-state index contributed by atoms with van der Waals surface area (Å²) in [6.45, 7) is 6.84. The van der Waals surface area contributed by atoms with Crippen LogP contribution >= 0.6 is 0 Å². The molecule has 0 aliphatic heterocycles. The van der Waals surface area contributed by atoms with Crippen LogP contribution in [0.5, 0.6) is 0 Å². The van der Waals surface area contributed by atoms with Gasteiger partial charge in [0, 0.05) is 38.7 Å². The van der Waals surface area contributed by atoms with Gasteiger partial charge in [-0.3, -0.25) is 4.79 Å². The van der Waals surface area contributed by atoms with Crippen molar-refractivity contribution in [3.05, 3.63) is 47.5 Å². The molecule has 2 aromatic rings. The molecule has 8 nitrogen and oxygen atoms in total. The summed E-state index contributed by atoms with van der Waals surface area (Å²) in [5, 5.41) is 17.2. The number of carbonyl (C=O) groups is 1. The van der Waals surface area contributed by atoms with Crippen LogP contribution in [-0.2, 0) is 19.5 Å². The molecule has 1 amide bonds. The molecule has 0 aliphatic carbocycles. The number of nitrogens with one attached hydrogen (secondary N) is 3. The van der Waals surface area contributed by atoms with Crippen LogP contribution in [0.1, 0.15) is 35.6 Å². The molecule has 0 fully saturated rings. The Morgan fingerprint density at radius 1 is 1.27 bits per heavy atom. The Bertz CT molecular complexity index is 739. The zero-order chi connectivity index (χ0) is 18.8. The van der Waals surface area contributed by atoms with Crippen molar-refractivity contribution >= 4 is 11.9 Å². The second-order valence-corrected chi connectivity index (χ2v) is 5.70. The van der Waals surface area contributed by atoms with Gasteiger partial charge in [-0.1, -0.05) is 19.1 Å². The molecular weight excluding hydrogens is 330 g/mol. The molecule has 0 bridgehead atoms. The van der Waals surface area contributed by atoms with Gasteiger partial charge in [0.05, 0.1) is 6.54 Å². The van der Waals surface area contributed by atoms with Gasteiger partial charge in [-0.25, -0.2) is 4.99 Å². The maximum atomic E-state index is 11.7. The lowest BCUT2D eigenvalue weighted by molar-refractivity contribution is 0.0963. The molecule has 8 heteroatoms. The van der Waals surface area contributed by atoms with E-state index in [0.29, 0.717) is 12.1 Å². The van der Waals surface area contributed by atoms with Crippen LogP contribution in [0.25, 0.3) is 0 Å². The van der Waals surface area contributed by atoms with Gasteiger partial charge in [0.1, 0.15) is 12.2 Å². The summed E-state index contributed by atoms with van der Waals surface area (Å²) in [6, 6.07) is 7.48. The minimum Gasteiger partial charge on any atom is -0.357 e. The van der Waals surface area contributed by atoms with E-state index >= 15 is 0 Å². The molecule has 1 heterocycles. The lowest BCUT2D eigenvalue weighted by atomic mass is 10.1. The molecular formula is C18H27N7O. The maximum absolute atomic E-state index is 11.7. The highest BCUT2D eigenvalue weighted by molar-refractivity contribution is 5.94. The van der Waals surface area contributed by atoms with Crippen molar-refractivity contribution in [2.24, 2.45) is 4.99 Å². The molecule has 26 heavy (non-hydrogen) atoms. The number of hydrogen-bond acceptors (Lipinski definition) is 4. The molecule has 3 N–H and O–H groups in total. The molecule has 0 saturated carbocycles. The van der Waals surface area contributed by atoms with E-state index in [1.807, 2.05) is 29.7 Å². The van der Waals surface area contributed by atoms with Crippen molar-refractivity contribution in [2.45, 2.75) is 33.4 Å². The quantitative estimate of drug-likeness (QED) is 0.483. The number of guanidine groups is 1. The molecule has 1 aromatic heterocycles. The van der Waals surface area contributed by atoms with Gasteiger partial charge in [0.15, 0.2) is 5.96 Å². The van der Waals surface area contributed by atoms with Gasteiger partial charge in [0.25, 0.3) is 5.91 Å². The van der Waals surface area contributed by atoms with E-state index in [9.17, 15) is 4.79 Å². The lowest BCUT2D eigenvalue weighted by Gasteiger charge is -2.12. The number of amides is 1. The van der Waals surface area contributed by atoms with Gasteiger partial charge < -0.3 is 20.5 Å². The lowest BCUT2D eigenvalue weighted by Crippen LogP contribution is -2.38. The van der Waals surface area contributed by atoms with Crippen LogP contribution in [0.3, 0.4) is 0 Å². The van der Waals surface area contributed by atoms with Crippen molar-refractivity contribution in [2.75, 3.05) is 20.1 Å². The molecule has 0 spiro atoms. The third kappa shape index (κ3) is 5.58. The van der Waals surface area contributed by atoms with Crippen molar-refractivity contribution in [3.8, 4) is 0 Å². The first-order valence-electron chi connectivity index (χ1n) is 8.87. The minimum absolute atomic E-state index is 0.0958. The summed E-state index contributed by atoms with van der Waals surface area (Å²) in [7, 11) is 1.63. The SMILES string of the molecule is CCNC(=NCc1cccc(C(=O)NC)c1)NCCn1cnnc1CC. The molecule has 0 radical (unpaired) electrons. The van der Waals surface area contributed by atoms with Crippen molar-refractivity contribution in [3.63, 3.8) is 0 Å². The Hall–Kier alpha value is -2.90. The number of rotatable bonds is 8. The average molecular weight is 357 g/mol. The largest absolute Gasteiger partial charge is 0.357 e. The van der Waals surface area contributed by atoms with E-state index in [1.165, 1.54) is 0 Å². The summed E-state index contributed by atoms with van der Waals surface area (Å²) in [6.07, 6.45) is 2.60. The Labute approximate surface area is 154 Å². The van der Waals surface area contributed by atoms with Gasteiger partial charge >= 0.3 is 0 Å². The summed E-state index contributed by atoms with van der Waals surface area (Å²) in [5.74, 6) is 1.62. The standard InChI is InChI=1S/C18H27N7O/c1-4-16-24-23-13-25(16)10-9-21-18(20-5-2)22-12-14-7-6-8-15(11-14)17(26)19-3/h6-8,11,13H,4-5,9-10,12H2,1-3H3,(H,19,26)(H2,20,21,22). The van der Waals surface area contributed by atoms with Crippen LogP contribution in [0.2, 0.25) is 0 Å². The van der Waals surface area contributed by atoms with E-state index < -0.39 is 0 Å². The van der Waals surface area contributed by atoms with Gasteiger partial charge in [-0.15, -0.1) is 10.2 Å². The molecule has 2 rings (SSSR count). The summed E-state index contributed by atoms with van der Waals surface area (Å²) >= 11 is 0. The predicted octanol–water partition coefficient (Wildman–Crippen LogP) is 0.955. The van der Waals surface area contributed by atoms with Crippen molar-refractivity contribution < 1.29 is 4.79 Å². The van der Waals surface area contributed by atoms with Crippen molar-refractivity contribution in [1.29, 1.82) is 0 Å². The zero-order valence-electron chi connectivity index (χ0n) is 15.6. The number of benzene rings is 1. The molecule has 140 valence electrons.